The maximum atomic E-state index is 7.81. The zero-order valence-electron chi connectivity index (χ0n) is 13.5. The first-order chi connectivity index (χ1) is 10.1. The first-order valence-corrected chi connectivity index (χ1v) is 7.36. The third-order valence-electron chi connectivity index (χ3n) is 3.72. The van der Waals surface area contributed by atoms with Gasteiger partial charge in [-0.2, -0.15) is 0 Å². The molecular weight excluding hydrogens is 266 g/mol. The lowest BCUT2D eigenvalue weighted by Crippen LogP contribution is -2.38. The lowest BCUT2D eigenvalue weighted by molar-refractivity contribution is 0.202. The molecule has 0 saturated carbocycles. The summed E-state index contributed by atoms with van der Waals surface area (Å²) in [6.07, 6.45) is 2.05. The first-order valence-electron chi connectivity index (χ1n) is 7.36. The Balaban J connectivity index is 3.28. The minimum absolute atomic E-state index is 0.0704. The molecular formula is C16H27N3O2. The van der Waals surface area contributed by atoms with Crippen molar-refractivity contribution in [3.63, 3.8) is 0 Å². The Morgan fingerprint density at radius 3 is 2.43 bits per heavy atom. The van der Waals surface area contributed by atoms with Crippen molar-refractivity contribution in [3.05, 3.63) is 23.8 Å². The Bertz CT molecular complexity index is 459. The number of nitrogens with one attached hydrogen (secondary N) is 1. The summed E-state index contributed by atoms with van der Waals surface area (Å²) in [7, 11) is 3.34. The van der Waals surface area contributed by atoms with Crippen LogP contribution in [0.4, 0.5) is 5.69 Å². The fraction of sp³-hybridized carbons (Fsp3) is 0.562. The molecule has 0 heterocycles. The normalized spacial score (nSPS) is 10.7. The molecule has 5 heteroatoms. The van der Waals surface area contributed by atoms with E-state index in [-0.39, 0.29) is 5.84 Å². The summed E-state index contributed by atoms with van der Waals surface area (Å²) in [5, 5.41) is 7.81. The van der Waals surface area contributed by atoms with Crippen LogP contribution in [-0.4, -0.2) is 39.2 Å². The van der Waals surface area contributed by atoms with Crippen LogP contribution in [0.25, 0.3) is 0 Å². The molecule has 0 aromatic heterocycles. The third-order valence-corrected chi connectivity index (χ3v) is 3.72. The van der Waals surface area contributed by atoms with E-state index in [1.165, 1.54) is 0 Å². The molecule has 1 aromatic rings. The average Bonchev–Trinajstić information content (AvgIpc) is 2.50. The second-order valence-corrected chi connectivity index (χ2v) is 4.95. The van der Waals surface area contributed by atoms with Gasteiger partial charge in [-0.1, -0.05) is 13.8 Å². The third kappa shape index (κ3) is 4.36. The molecule has 0 aliphatic rings. The van der Waals surface area contributed by atoms with E-state index in [4.69, 9.17) is 20.6 Å². The van der Waals surface area contributed by atoms with Crippen LogP contribution in [0.5, 0.6) is 5.75 Å². The molecule has 5 nitrogen and oxygen atoms in total. The number of anilines is 1. The molecule has 21 heavy (non-hydrogen) atoms. The van der Waals surface area contributed by atoms with Crippen LogP contribution in [0.15, 0.2) is 18.2 Å². The molecule has 3 N–H and O–H groups in total. The molecule has 0 fully saturated rings. The Kier molecular flexibility index (Phi) is 7.02. The summed E-state index contributed by atoms with van der Waals surface area (Å²) in [6.45, 7) is 5.73. The van der Waals surface area contributed by atoms with Crippen LogP contribution in [0.2, 0.25) is 0 Å². The number of rotatable bonds is 9. The highest BCUT2D eigenvalue weighted by molar-refractivity contribution is 6.00. The van der Waals surface area contributed by atoms with E-state index in [0.717, 1.165) is 36.4 Å². The van der Waals surface area contributed by atoms with Crippen molar-refractivity contribution in [3.8, 4) is 5.75 Å². The number of nitrogens with zero attached hydrogens (tertiary/aromatic N) is 1. The van der Waals surface area contributed by atoms with Crippen LogP contribution in [-0.2, 0) is 4.74 Å². The van der Waals surface area contributed by atoms with E-state index in [9.17, 15) is 0 Å². The number of amidine groups is 1. The van der Waals surface area contributed by atoms with Crippen LogP contribution >= 0.6 is 0 Å². The van der Waals surface area contributed by atoms with Gasteiger partial charge in [0.25, 0.3) is 0 Å². The van der Waals surface area contributed by atoms with Gasteiger partial charge in [0.1, 0.15) is 11.6 Å². The van der Waals surface area contributed by atoms with Crippen LogP contribution in [0.1, 0.15) is 32.3 Å². The summed E-state index contributed by atoms with van der Waals surface area (Å²) in [6, 6.07) is 6.01. The molecule has 0 aliphatic carbocycles. The molecule has 118 valence electrons. The number of nitrogens with two attached hydrogens (primary N) is 1. The summed E-state index contributed by atoms with van der Waals surface area (Å²) >= 11 is 0. The van der Waals surface area contributed by atoms with Crippen molar-refractivity contribution in [1.29, 1.82) is 5.41 Å². The maximum Gasteiger partial charge on any atom is 0.124 e. The molecule has 1 aromatic carbocycles. The van der Waals surface area contributed by atoms with Crippen LogP contribution < -0.4 is 15.4 Å². The molecule has 0 spiro atoms. The van der Waals surface area contributed by atoms with Gasteiger partial charge in [0.15, 0.2) is 0 Å². The lowest BCUT2D eigenvalue weighted by atomic mass is 10.1. The number of nitrogen functional groups attached to an aromatic ring is 1. The number of benzene rings is 1. The lowest BCUT2D eigenvalue weighted by Gasteiger charge is -2.34. The van der Waals surface area contributed by atoms with E-state index in [0.29, 0.717) is 12.6 Å². The predicted molar refractivity (Wildman–Crippen MR) is 87.6 cm³/mol. The second-order valence-electron chi connectivity index (χ2n) is 4.95. The van der Waals surface area contributed by atoms with Crippen LogP contribution in [0.3, 0.4) is 0 Å². The van der Waals surface area contributed by atoms with Gasteiger partial charge >= 0.3 is 0 Å². The molecule has 0 amide bonds. The standard InChI is InChI=1S/C16H27N3O2/c1-5-12(6-2)19(9-10-20-3)15-11-13(21-4)7-8-14(15)16(17)18/h7-8,11-12H,5-6,9-10H2,1-4H3,(H3,17,18). The van der Waals surface area contributed by atoms with Gasteiger partial charge in [-0.25, -0.2) is 0 Å². The summed E-state index contributed by atoms with van der Waals surface area (Å²) in [4.78, 5) is 2.27. The SMILES string of the molecule is CCC(CC)N(CCOC)c1cc(OC)ccc1C(=N)N. The zero-order chi connectivity index (χ0) is 15.8. The van der Waals surface area contributed by atoms with E-state index >= 15 is 0 Å². The predicted octanol–water partition coefficient (Wildman–Crippen LogP) is 2.62. The largest absolute Gasteiger partial charge is 0.497 e. The molecule has 1 rings (SSSR count). The summed E-state index contributed by atoms with van der Waals surface area (Å²) in [5.41, 5.74) is 7.41. The van der Waals surface area contributed by atoms with E-state index in [1.54, 1.807) is 14.2 Å². The molecule has 0 unspecified atom stereocenters. The Morgan fingerprint density at radius 2 is 1.95 bits per heavy atom. The van der Waals surface area contributed by atoms with Crippen molar-refractivity contribution in [2.75, 3.05) is 32.3 Å². The molecule has 0 radical (unpaired) electrons. The van der Waals surface area contributed by atoms with Crippen molar-refractivity contribution >= 4 is 11.5 Å². The van der Waals surface area contributed by atoms with E-state index < -0.39 is 0 Å². The van der Waals surface area contributed by atoms with Crippen molar-refractivity contribution in [1.82, 2.24) is 0 Å². The molecule has 0 bridgehead atoms. The zero-order valence-corrected chi connectivity index (χ0v) is 13.5. The topological polar surface area (TPSA) is 71.6 Å². The monoisotopic (exact) mass is 293 g/mol. The smallest absolute Gasteiger partial charge is 0.124 e. The van der Waals surface area contributed by atoms with Gasteiger partial charge in [-0.05, 0) is 25.0 Å². The Morgan fingerprint density at radius 1 is 1.29 bits per heavy atom. The highest BCUT2D eigenvalue weighted by Gasteiger charge is 2.20. The van der Waals surface area contributed by atoms with Gasteiger partial charge in [0, 0.05) is 31.3 Å². The number of hydrogen-bond donors (Lipinski definition) is 2. The minimum atomic E-state index is 0.0704. The van der Waals surface area contributed by atoms with E-state index in [1.807, 2.05) is 18.2 Å². The molecule has 0 atom stereocenters. The van der Waals surface area contributed by atoms with Gasteiger partial charge in [0.2, 0.25) is 0 Å². The number of methoxy groups -OCH3 is 2. The maximum absolute atomic E-state index is 7.81. The Hall–Kier alpha value is -1.75. The highest BCUT2D eigenvalue weighted by Crippen LogP contribution is 2.29. The van der Waals surface area contributed by atoms with Gasteiger partial charge in [-0.15, -0.1) is 0 Å². The summed E-state index contributed by atoms with van der Waals surface area (Å²) < 4.78 is 10.6. The Labute approximate surface area is 127 Å². The van der Waals surface area contributed by atoms with Gasteiger partial charge < -0.3 is 20.1 Å². The number of hydrogen-bond acceptors (Lipinski definition) is 4. The first kappa shape index (κ1) is 17.3. The fourth-order valence-electron chi connectivity index (χ4n) is 2.52. The van der Waals surface area contributed by atoms with Crippen molar-refractivity contribution < 1.29 is 9.47 Å². The van der Waals surface area contributed by atoms with Crippen molar-refractivity contribution in [2.24, 2.45) is 5.73 Å². The summed E-state index contributed by atoms with van der Waals surface area (Å²) in [5.74, 6) is 0.837. The number of ether oxygens (including phenoxy) is 2. The average molecular weight is 293 g/mol. The van der Waals surface area contributed by atoms with Crippen LogP contribution in [0, 0.1) is 5.41 Å². The van der Waals surface area contributed by atoms with Gasteiger partial charge in [0.05, 0.1) is 19.4 Å². The van der Waals surface area contributed by atoms with E-state index in [2.05, 4.69) is 18.7 Å². The van der Waals surface area contributed by atoms with Gasteiger partial charge in [-0.3, -0.25) is 5.41 Å². The minimum Gasteiger partial charge on any atom is -0.497 e. The fourth-order valence-corrected chi connectivity index (χ4v) is 2.52. The highest BCUT2D eigenvalue weighted by atomic mass is 16.5. The molecule has 0 saturated heterocycles. The second kappa shape index (κ2) is 8.52. The quantitative estimate of drug-likeness (QED) is 0.542. The van der Waals surface area contributed by atoms with Crippen molar-refractivity contribution in [2.45, 2.75) is 32.7 Å². The molecule has 0 aliphatic heterocycles.